The van der Waals surface area contributed by atoms with Gasteiger partial charge in [-0.25, -0.2) is 38.4 Å². The van der Waals surface area contributed by atoms with E-state index in [2.05, 4.69) is 304 Å². The monoisotopic (exact) mass is 2090 g/mol. The van der Waals surface area contributed by atoms with Gasteiger partial charge in [0.1, 0.15) is 35.0 Å². The molecular weight excluding hydrogens is 1910 g/mol. The predicted octanol–water partition coefficient (Wildman–Crippen LogP) is 12.4. The van der Waals surface area contributed by atoms with Crippen molar-refractivity contribution in [3.63, 3.8) is 0 Å². The van der Waals surface area contributed by atoms with Crippen LogP contribution in [0.4, 0.5) is 5.82 Å². The number of likely N-dealkylation sites (tertiary alicyclic amines) is 1. The van der Waals surface area contributed by atoms with E-state index in [-0.39, 0.29) is 112 Å². The van der Waals surface area contributed by atoms with Crippen molar-refractivity contribution >= 4 is 76.5 Å². The molecule has 14 aliphatic rings. The summed E-state index contributed by atoms with van der Waals surface area (Å²) >= 11 is 0. The van der Waals surface area contributed by atoms with Gasteiger partial charge in [0.2, 0.25) is 5.62 Å². The Kier molecular flexibility index (Phi) is 44.3. The molecule has 38 heteroatoms. The Hall–Kier alpha value is -10.1. The van der Waals surface area contributed by atoms with Crippen LogP contribution in [-0.2, 0) is 45.8 Å². The van der Waals surface area contributed by atoms with E-state index in [1.54, 1.807) is 25.3 Å². The summed E-state index contributed by atoms with van der Waals surface area (Å²) in [6, 6.07) is 8.95. The van der Waals surface area contributed by atoms with Crippen molar-refractivity contribution in [2.24, 2.45) is 94.8 Å². The number of rotatable bonds is 23. The highest BCUT2D eigenvalue weighted by atomic mass is 32.2. The van der Waals surface area contributed by atoms with E-state index in [0.717, 1.165) is 202 Å². The van der Waals surface area contributed by atoms with Crippen LogP contribution in [-0.4, -0.2) is 349 Å². The molecule has 6 unspecified atom stereocenters. The summed E-state index contributed by atoms with van der Waals surface area (Å²) in [7, 11) is -0.708. The number of aliphatic hydroxyl groups is 5. The molecular formula is C112H181N29O8S. The van der Waals surface area contributed by atoms with Crippen LogP contribution >= 0.6 is 0 Å². The van der Waals surface area contributed by atoms with Crippen LogP contribution in [0.15, 0.2) is 152 Å². The third-order valence-corrected chi connectivity index (χ3v) is 29.1. The number of fused-ring (bicyclic) bond motifs is 6. The maximum Gasteiger partial charge on any atom is 0.223 e. The fourth-order valence-electron chi connectivity index (χ4n) is 17.7. The topological polar surface area (TPSA) is 455 Å². The van der Waals surface area contributed by atoms with Crippen LogP contribution in [0.2, 0.25) is 0 Å². The lowest BCUT2D eigenvalue weighted by molar-refractivity contribution is 0.0662. The smallest absolute Gasteiger partial charge is 0.223 e. The van der Waals surface area contributed by atoms with Gasteiger partial charge in [-0.15, -0.1) is 0 Å². The van der Waals surface area contributed by atoms with E-state index in [4.69, 9.17) is 40.6 Å². The molecule has 10 N–H and O–H groups in total. The number of hydrogen-bond donors (Lipinski definition) is 10. The minimum Gasteiger partial charge on any atom is -0.394 e. The molecule has 4 aromatic rings. The first-order valence-electron chi connectivity index (χ1n) is 54.1. The minimum absolute atomic E-state index is 0.00104. The molecule has 3 saturated heterocycles. The van der Waals surface area contributed by atoms with Gasteiger partial charge in [0.15, 0.2) is 9.84 Å². The van der Waals surface area contributed by atoms with Crippen molar-refractivity contribution < 1.29 is 38.7 Å². The number of nitrogens with zero attached hydrogens (tertiary/aromatic N) is 24. The van der Waals surface area contributed by atoms with Crippen molar-refractivity contribution in [2.45, 2.75) is 303 Å². The number of sulfone groups is 1. The van der Waals surface area contributed by atoms with E-state index in [9.17, 15) is 13.5 Å². The zero-order chi connectivity index (χ0) is 110. The second-order valence-corrected chi connectivity index (χ2v) is 51.6. The summed E-state index contributed by atoms with van der Waals surface area (Å²) in [5.74, 6) is 9.85. The Morgan fingerprint density at radius 1 is 0.453 bits per heavy atom. The van der Waals surface area contributed by atoms with E-state index >= 15 is 0 Å². The molecule has 0 radical (unpaired) electrons. The summed E-state index contributed by atoms with van der Waals surface area (Å²) in [4.78, 5) is 61.7. The number of hydrogen-bond acceptors (Lipinski definition) is 36. The number of aromatic nitrogens is 8. The van der Waals surface area contributed by atoms with Crippen molar-refractivity contribution in [3.05, 3.63) is 147 Å². The molecule has 18 heterocycles. The normalized spacial score (nSPS) is 22.1. The fraction of sp³-hybridized carbons (Fsp3) is 0.679. The summed E-state index contributed by atoms with van der Waals surface area (Å²) in [6.07, 6.45) is 33.1. The number of anilines is 1. The largest absolute Gasteiger partial charge is 0.394 e. The average Bonchev–Trinajstić information content (AvgIpc) is 1.63. The Morgan fingerprint density at radius 3 is 1.13 bits per heavy atom. The lowest BCUT2D eigenvalue weighted by Crippen LogP contribution is -2.39. The summed E-state index contributed by atoms with van der Waals surface area (Å²) in [6.45, 7) is 70.6. The van der Waals surface area contributed by atoms with Crippen LogP contribution in [0, 0.1) is 50.2 Å². The maximum absolute atomic E-state index is 11.4. The maximum atomic E-state index is 11.4. The highest BCUT2D eigenvalue weighted by molar-refractivity contribution is 7.91. The molecule has 3 fully saturated rings. The third-order valence-electron chi connectivity index (χ3n) is 27.4. The highest BCUT2D eigenvalue weighted by Crippen LogP contribution is 2.36. The quantitative estimate of drug-likeness (QED) is 0.0308. The van der Waals surface area contributed by atoms with E-state index in [1.807, 2.05) is 100 Å². The Labute approximate surface area is 894 Å². The molecule has 14 aliphatic heterocycles. The zero-order valence-corrected chi connectivity index (χ0v) is 96.2. The Balaban J connectivity index is 0.000000173. The predicted molar refractivity (Wildman–Crippen MR) is 608 cm³/mol. The lowest BCUT2D eigenvalue weighted by Gasteiger charge is -2.25. The van der Waals surface area contributed by atoms with Crippen LogP contribution in [0.3, 0.4) is 0 Å². The number of allylic oxidation sites excluding steroid dienone is 5. The molecule has 37 nitrogen and oxygen atoms in total. The molecule has 150 heavy (non-hydrogen) atoms. The van der Waals surface area contributed by atoms with Crippen LogP contribution < -0.4 is 26.9 Å². The van der Waals surface area contributed by atoms with Gasteiger partial charge in [-0.1, -0.05) is 173 Å². The minimum atomic E-state index is -2.90. The van der Waals surface area contributed by atoms with Crippen LogP contribution in [0.25, 0.3) is 0 Å². The van der Waals surface area contributed by atoms with E-state index in [1.165, 1.54) is 42.6 Å². The number of nitrogens with one attached hydrogen (secondary N) is 5. The molecule has 0 bridgehead atoms. The van der Waals surface area contributed by atoms with Crippen LogP contribution in [0.5, 0.6) is 0 Å². The first-order chi connectivity index (χ1) is 70.4. The Morgan fingerprint density at radius 2 is 0.813 bits per heavy atom. The molecule has 18 rings (SSSR count). The summed E-state index contributed by atoms with van der Waals surface area (Å²) in [5.41, 5.74) is 13.1. The van der Waals surface area contributed by atoms with Gasteiger partial charge >= 0.3 is 0 Å². The van der Waals surface area contributed by atoms with Crippen LogP contribution in [0.1, 0.15) is 270 Å². The van der Waals surface area contributed by atoms with Crippen molar-refractivity contribution in [1.29, 1.82) is 5.41 Å². The molecule has 0 amide bonds. The SMILES string of the molecule is CC(C)(C)C1=CC2=NC(CO)CN2C=N1.CC(C)(C)C1=CC2=N[C@@H](CO)CN2C=N1.CC(C)(C)C1=CC2=N[C@H](CO)CN2C=N1.CC(C)(C)c1cc2n(c(=N)n1)CC(CO)N2.CC(C)(O)CNCC1CN2C=NC(C(C)(C)C)=CC2=N1.CC(C)c1cnnc(CC2CCN(C)C2)c1.CC(C)c1cnnc(CC2CCNC2)c1.CC(C)c1cnnc(CC2CCOCC2)c1.CCS(=O)(=O)CCNCC1CN2C=NC(C(C)(C)C)=CC2=N1. The number of aliphatic hydroxyl groups excluding tert-OH is 4. The first-order valence-corrected chi connectivity index (χ1v) is 55.9. The van der Waals surface area contributed by atoms with Crippen molar-refractivity contribution in [2.75, 3.05) is 149 Å². The molecule has 0 aliphatic carbocycles. The summed E-state index contributed by atoms with van der Waals surface area (Å²) < 4.78 is 30.0. The van der Waals surface area contributed by atoms with Crippen molar-refractivity contribution in [3.8, 4) is 0 Å². The van der Waals surface area contributed by atoms with Gasteiger partial charge < -0.3 is 80.9 Å². The molecule has 0 spiro atoms. The molecule has 8 atom stereocenters. The highest BCUT2D eigenvalue weighted by Gasteiger charge is 2.36. The average molecular weight is 2090 g/mol. The molecule has 4 aromatic heterocycles. The number of aliphatic imine (C=N–C) groups is 10. The molecule has 0 saturated carbocycles. The molecule has 0 aromatic carbocycles. The lowest BCUT2D eigenvalue weighted by atomic mass is 9.91. The van der Waals surface area contributed by atoms with Gasteiger partial charge in [0.05, 0.1) is 195 Å². The Bertz CT molecular complexity index is 5530. The third kappa shape index (κ3) is 38.5. The van der Waals surface area contributed by atoms with Crippen molar-refractivity contribution in [1.82, 2.24) is 85.5 Å². The first kappa shape index (κ1) is 122. The second kappa shape index (κ2) is 54.6. The number of ether oxygens (including phenoxy) is 1. The number of amidine groups is 5. The zero-order valence-electron chi connectivity index (χ0n) is 95.4. The van der Waals surface area contributed by atoms with E-state index in [0.29, 0.717) is 43.9 Å². The van der Waals surface area contributed by atoms with Gasteiger partial charge in [0.25, 0.3) is 0 Å². The standard InChI is InChI=1S/C15H26N4O2S.C15H26N4O.C13H21N3.C13H20N2O.C12H19N3.C11H18N4O.3C11H17N3O/c1-5-22(20,21)7-6-16-9-12-10-19-11-17-13(15(2,3)4)8-14(19)18-12;1-14(2,3)12-6-13-18-11(8-19(13)10-17-12)7-16-9-15(4,5)20;1-10(2)12-7-13(15-14-8-12)6-11-4-5-16(3)9-11;1-10(2)12-8-13(15-14-9-12)7-11-3-5-16-6-4-11;1-9(2)11-6-12(15-14-8-11)5-10-3-4-13-7-10;1-11(2,3)8-4-9-13-7(6-16)5-15(9)10(12)14-8;3*1-11(2,3)9-4-10-13-8(6-15)5-14(10)7-12-9/h8,11-12,16H,5-7,9-10H2,1-4H3;6,10-11,16,20H,7-9H2,1-5H3;7-8,10-11H,4-6,9H2,1-3H3;8-11H,3-7H2,1-2H3;6,8-10,13H,3-5,7H2,1-2H3;4,7,12-13,16H,5-6H2,1-3H3;3*4,7-8,15H,5-6H2,1-3H3/t;;;;;;2*8-;/m......10./s1. The van der Waals surface area contributed by atoms with Gasteiger partial charge in [-0.3, -0.25) is 34.9 Å². The second-order valence-electron chi connectivity index (χ2n) is 49.1. The van der Waals surface area contributed by atoms with E-state index < -0.39 is 15.4 Å². The molecule has 828 valence electrons. The summed E-state index contributed by atoms with van der Waals surface area (Å²) in [5, 5.41) is 91.7. The van der Waals surface area contributed by atoms with Gasteiger partial charge in [0, 0.05) is 140 Å². The van der Waals surface area contributed by atoms with Gasteiger partial charge in [-0.2, -0.15) is 30.6 Å². The van der Waals surface area contributed by atoms with Gasteiger partial charge in [-0.05, 0) is 156 Å². The fourth-order valence-corrected chi connectivity index (χ4v) is 18.4.